The SMILES string of the molecule is Cc1ccc2cc(Cc3ccc(C)c4ccc(C)cc34)ccc2c1. The average Bonchev–Trinajstić information content (AvgIpc) is 2.57. The molecule has 0 N–H and O–H groups in total. The average molecular weight is 310 g/mol. The Morgan fingerprint density at radius 3 is 2.17 bits per heavy atom. The molecule has 0 aliphatic rings. The van der Waals surface area contributed by atoms with Crippen LogP contribution in [0.2, 0.25) is 0 Å². The summed E-state index contributed by atoms with van der Waals surface area (Å²) in [5, 5.41) is 5.41. The summed E-state index contributed by atoms with van der Waals surface area (Å²) in [4.78, 5) is 0. The van der Waals surface area contributed by atoms with Crippen LogP contribution in [0.15, 0.2) is 66.7 Å². The summed E-state index contributed by atoms with van der Waals surface area (Å²) in [6.45, 7) is 6.51. The summed E-state index contributed by atoms with van der Waals surface area (Å²) in [6.07, 6.45) is 0.976. The van der Waals surface area contributed by atoms with E-state index in [1.807, 2.05) is 0 Å². The van der Waals surface area contributed by atoms with Gasteiger partial charge in [0, 0.05) is 0 Å². The summed E-state index contributed by atoms with van der Waals surface area (Å²) in [6, 6.07) is 24.8. The van der Waals surface area contributed by atoms with E-state index >= 15 is 0 Å². The van der Waals surface area contributed by atoms with Crippen molar-refractivity contribution in [2.75, 3.05) is 0 Å². The van der Waals surface area contributed by atoms with Crippen molar-refractivity contribution < 1.29 is 0 Å². The van der Waals surface area contributed by atoms with Crippen molar-refractivity contribution in [2.45, 2.75) is 27.2 Å². The van der Waals surface area contributed by atoms with E-state index in [4.69, 9.17) is 0 Å². The lowest BCUT2D eigenvalue weighted by atomic mass is 9.94. The van der Waals surface area contributed by atoms with Crippen LogP contribution in [0.1, 0.15) is 27.8 Å². The molecule has 0 aromatic heterocycles. The number of benzene rings is 4. The van der Waals surface area contributed by atoms with Gasteiger partial charge in [-0.2, -0.15) is 0 Å². The zero-order valence-electron chi connectivity index (χ0n) is 14.6. The Morgan fingerprint density at radius 1 is 0.583 bits per heavy atom. The van der Waals surface area contributed by atoms with Gasteiger partial charge in [0.05, 0.1) is 0 Å². The highest BCUT2D eigenvalue weighted by Gasteiger charge is 2.06. The molecule has 0 saturated carbocycles. The molecule has 4 aromatic rings. The van der Waals surface area contributed by atoms with Crippen LogP contribution in [0, 0.1) is 20.8 Å². The van der Waals surface area contributed by atoms with Crippen LogP contribution < -0.4 is 0 Å². The monoisotopic (exact) mass is 310 g/mol. The van der Waals surface area contributed by atoms with Gasteiger partial charge in [-0.25, -0.2) is 0 Å². The van der Waals surface area contributed by atoms with Crippen LogP contribution in [0.5, 0.6) is 0 Å². The fraction of sp³-hybridized carbons (Fsp3) is 0.167. The van der Waals surface area contributed by atoms with E-state index in [-0.39, 0.29) is 0 Å². The lowest BCUT2D eigenvalue weighted by Crippen LogP contribution is -1.92. The van der Waals surface area contributed by atoms with Crippen LogP contribution in [0.3, 0.4) is 0 Å². The molecular formula is C24H22. The quantitative estimate of drug-likeness (QED) is 0.396. The molecule has 118 valence electrons. The molecule has 0 aliphatic carbocycles. The summed E-state index contributed by atoms with van der Waals surface area (Å²) >= 11 is 0. The Hall–Kier alpha value is -2.60. The molecule has 0 bridgehead atoms. The second-order valence-corrected chi connectivity index (χ2v) is 6.95. The van der Waals surface area contributed by atoms with Crippen molar-refractivity contribution >= 4 is 21.5 Å². The minimum absolute atomic E-state index is 0.976. The van der Waals surface area contributed by atoms with Crippen LogP contribution in [0.4, 0.5) is 0 Å². The van der Waals surface area contributed by atoms with Crippen molar-refractivity contribution in [1.29, 1.82) is 0 Å². The van der Waals surface area contributed by atoms with E-state index in [0.29, 0.717) is 0 Å². The van der Waals surface area contributed by atoms with Gasteiger partial charge in [0.25, 0.3) is 0 Å². The van der Waals surface area contributed by atoms with E-state index in [2.05, 4.69) is 87.5 Å². The maximum atomic E-state index is 2.33. The number of hydrogen-bond donors (Lipinski definition) is 0. The van der Waals surface area contributed by atoms with Crippen molar-refractivity contribution in [3.8, 4) is 0 Å². The Kier molecular flexibility index (Phi) is 3.61. The summed E-state index contributed by atoms with van der Waals surface area (Å²) in [7, 11) is 0. The number of hydrogen-bond acceptors (Lipinski definition) is 0. The van der Waals surface area contributed by atoms with Crippen LogP contribution >= 0.6 is 0 Å². The van der Waals surface area contributed by atoms with Crippen molar-refractivity contribution in [3.63, 3.8) is 0 Å². The van der Waals surface area contributed by atoms with Gasteiger partial charge in [-0.15, -0.1) is 0 Å². The molecule has 0 fully saturated rings. The maximum Gasteiger partial charge on any atom is -0.00194 e. The number of fused-ring (bicyclic) bond motifs is 2. The van der Waals surface area contributed by atoms with Gasteiger partial charge in [-0.3, -0.25) is 0 Å². The van der Waals surface area contributed by atoms with Crippen molar-refractivity contribution in [2.24, 2.45) is 0 Å². The van der Waals surface area contributed by atoms with Crippen LogP contribution in [0.25, 0.3) is 21.5 Å². The minimum atomic E-state index is 0.976. The van der Waals surface area contributed by atoms with Gasteiger partial charge in [0.2, 0.25) is 0 Å². The standard InChI is InChI=1S/C24H22/c1-16-4-8-21-14-19(7-10-20(21)12-16)15-22-9-6-18(3)23-11-5-17(2)13-24(22)23/h4-14H,15H2,1-3H3. The van der Waals surface area contributed by atoms with Crippen molar-refractivity contribution in [1.82, 2.24) is 0 Å². The fourth-order valence-electron chi connectivity index (χ4n) is 3.57. The zero-order valence-corrected chi connectivity index (χ0v) is 14.6. The first-order valence-corrected chi connectivity index (χ1v) is 8.58. The molecule has 0 heteroatoms. The molecule has 0 radical (unpaired) electrons. The largest absolute Gasteiger partial charge is 0.0587 e. The highest BCUT2D eigenvalue weighted by Crippen LogP contribution is 2.27. The van der Waals surface area contributed by atoms with E-state index in [9.17, 15) is 0 Å². The smallest absolute Gasteiger partial charge is 0.00194 e. The molecule has 0 saturated heterocycles. The van der Waals surface area contributed by atoms with E-state index < -0.39 is 0 Å². The van der Waals surface area contributed by atoms with Gasteiger partial charge in [-0.05, 0) is 65.4 Å². The second kappa shape index (κ2) is 5.79. The normalized spacial score (nSPS) is 11.3. The highest BCUT2D eigenvalue weighted by atomic mass is 14.1. The predicted octanol–water partition coefficient (Wildman–Crippen LogP) is 6.51. The molecule has 0 aliphatic heterocycles. The molecule has 0 unspecified atom stereocenters. The zero-order chi connectivity index (χ0) is 16.7. The van der Waals surface area contributed by atoms with Gasteiger partial charge in [0.1, 0.15) is 0 Å². The predicted molar refractivity (Wildman–Crippen MR) is 105 cm³/mol. The molecule has 4 aromatic carbocycles. The number of aryl methyl sites for hydroxylation is 3. The third-order valence-electron chi connectivity index (χ3n) is 4.94. The molecular weight excluding hydrogens is 288 g/mol. The first kappa shape index (κ1) is 15.0. The molecule has 0 spiro atoms. The Morgan fingerprint density at radius 2 is 1.29 bits per heavy atom. The Labute approximate surface area is 143 Å². The summed E-state index contributed by atoms with van der Waals surface area (Å²) in [5.74, 6) is 0. The molecule has 0 nitrogen and oxygen atoms in total. The molecule has 0 amide bonds. The second-order valence-electron chi connectivity index (χ2n) is 6.95. The van der Waals surface area contributed by atoms with Crippen molar-refractivity contribution in [3.05, 3.63) is 94.5 Å². The van der Waals surface area contributed by atoms with Gasteiger partial charge in [-0.1, -0.05) is 77.9 Å². The topological polar surface area (TPSA) is 0 Å². The lowest BCUT2D eigenvalue weighted by Gasteiger charge is -2.11. The molecule has 0 atom stereocenters. The molecule has 24 heavy (non-hydrogen) atoms. The Bertz CT molecular complexity index is 1050. The third kappa shape index (κ3) is 2.69. The number of rotatable bonds is 2. The van der Waals surface area contributed by atoms with E-state index in [0.717, 1.165) is 6.42 Å². The first-order valence-electron chi connectivity index (χ1n) is 8.58. The summed E-state index contributed by atoms with van der Waals surface area (Å²) in [5.41, 5.74) is 6.77. The van der Waals surface area contributed by atoms with Crippen LogP contribution in [-0.2, 0) is 6.42 Å². The van der Waals surface area contributed by atoms with Crippen LogP contribution in [-0.4, -0.2) is 0 Å². The van der Waals surface area contributed by atoms with E-state index in [1.165, 1.54) is 49.4 Å². The highest BCUT2D eigenvalue weighted by molar-refractivity contribution is 5.90. The Balaban J connectivity index is 1.80. The fourth-order valence-corrected chi connectivity index (χ4v) is 3.57. The summed E-state index contributed by atoms with van der Waals surface area (Å²) < 4.78 is 0. The lowest BCUT2D eigenvalue weighted by molar-refractivity contribution is 1.22. The third-order valence-corrected chi connectivity index (χ3v) is 4.94. The van der Waals surface area contributed by atoms with E-state index in [1.54, 1.807) is 0 Å². The van der Waals surface area contributed by atoms with Gasteiger partial charge in [0.15, 0.2) is 0 Å². The minimum Gasteiger partial charge on any atom is -0.0587 e. The molecule has 0 heterocycles. The maximum absolute atomic E-state index is 2.33. The van der Waals surface area contributed by atoms with Gasteiger partial charge >= 0.3 is 0 Å². The first-order chi connectivity index (χ1) is 11.6. The molecule has 4 rings (SSSR count). The van der Waals surface area contributed by atoms with Gasteiger partial charge < -0.3 is 0 Å².